The van der Waals surface area contributed by atoms with Crippen LogP contribution in [0.1, 0.15) is 22.3 Å². The van der Waals surface area contributed by atoms with Gasteiger partial charge in [-0.1, -0.05) is 6.07 Å². The minimum Gasteiger partial charge on any atom is -0.507 e. The Morgan fingerprint density at radius 3 is 2.76 bits per heavy atom. The van der Waals surface area contributed by atoms with Gasteiger partial charge in [0.2, 0.25) is 0 Å². The van der Waals surface area contributed by atoms with E-state index < -0.39 is 0 Å². The highest BCUT2D eigenvalue weighted by Gasteiger charge is 2.15. The lowest BCUT2D eigenvalue weighted by atomic mass is 10.1. The van der Waals surface area contributed by atoms with Gasteiger partial charge in [0.25, 0.3) is 5.91 Å². The van der Waals surface area contributed by atoms with Crippen molar-refractivity contribution in [3.8, 4) is 5.75 Å². The molecular formula is C13H19NO3. The monoisotopic (exact) mass is 237 g/mol. The number of aryl methyl sites for hydroxylation is 1. The standard InChI is InChI=1S/C13H19NO3/c1-10-5-6-11(12(15)9-10)13(16)14(2)7-4-8-17-3/h5-6,9,15H,4,7-8H2,1-3H3. The Labute approximate surface area is 102 Å². The van der Waals surface area contributed by atoms with Crippen LogP contribution in [0.15, 0.2) is 18.2 Å². The number of aromatic hydroxyl groups is 1. The lowest BCUT2D eigenvalue weighted by molar-refractivity contribution is 0.0776. The van der Waals surface area contributed by atoms with Crippen LogP contribution in [0.25, 0.3) is 0 Å². The van der Waals surface area contributed by atoms with Crippen LogP contribution in [-0.4, -0.2) is 43.2 Å². The summed E-state index contributed by atoms with van der Waals surface area (Å²) in [6.07, 6.45) is 0.783. The molecule has 1 aromatic carbocycles. The van der Waals surface area contributed by atoms with E-state index in [2.05, 4.69) is 0 Å². The number of phenolic OH excluding ortho intramolecular Hbond substituents is 1. The first-order valence-corrected chi connectivity index (χ1v) is 5.60. The smallest absolute Gasteiger partial charge is 0.257 e. The number of hydrogen-bond donors (Lipinski definition) is 1. The SMILES string of the molecule is COCCCN(C)C(=O)c1ccc(C)cc1O. The average molecular weight is 237 g/mol. The number of carbonyl (C=O) groups excluding carboxylic acids is 1. The first kappa shape index (κ1) is 13.5. The van der Waals surface area contributed by atoms with Crippen LogP contribution in [0.4, 0.5) is 0 Å². The quantitative estimate of drug-likeness (QED) is 0.794. The number of benzene rings is 1. The first-order valence-electron chi connectivity index (χ1n) is 5.60. The van der Waals surface area contributed by atoms with Crippen molar-refractivity contribution >= 4 is 5.91 Å². The topological polar surface area (TPSA) is 49.8 Å². The second-order valence-corrected chi connectivity index (χ2v) is 4.09. The molecule has 0 heterocycles. The summed E-state index contributed by atoms with van der Waals surface area (Å²) < 4.78 is 4.93. The summed E-state index contributed by atoms with van der Waals surface area (Å²) in [4.78, 5) is 13.6. The lowest BCUT2D eigenvalue weighted by Crippen LogP contribution is -2.28. The van der Waals surface area contributed by atoms with Gasteiger partial charge < -0.3 is 14.7 Å². The highest BCUT2D eigenvalue weighted by atomic mass is 16.5. The van der Waals surface area contributed by atoms with Gasteiger partial charge in [0, 0.05) is 27.3 Å². The second kappa shape index (κ2) is 6.25. The molecule has 0 spiro atoms. The molecule has 4 nitrogen and oxygen atoms in total. The number of hydrogen-bond acceptors (Lipinski definition) is 3. The third kappa shape index (κ3) is 3.75. The maximum atomic E-state index is 12.0. The summed E-state index contributed by atoms with van der Waals surface area (Å²) in [6.45, 7) is 3.10. The van der Waals surface area contributed by atoms with Gasteiger partial charge in [-0.05, 0) is 31.0 Å². The Morgan fingerprint density at radius 1 is 1.47 bits per heavy atom. The highest BCUT2D eigenvalue weighted by Crippen LogP contribution is 2.19. The van der Waals surface area contributed by atoms with Crippen LogP contribution in [0, 0.1) is 6.92 Å². The van der Waals surface area contributed by atoms with Crippen molar-refractivity contribution in [1.29, 1.82) is 0 Å². The number of phenols is 1. The summed E-state index contributed by atoms with van der Waals surface area (Å²) in [6, 6.07) is 5.06. The number of nitrogens with zero attached hydrogens (tertiary/aromatic N) is 1. The van der Waals surface area contributed by atoms with Gasteiger partial charge in [-0.2, -0.15) is 0 Å². The van der Waals surface area contributed by atoms with Gasteiger partial charge in [-0.3, -0.25) is 4.79 Å². The van der Waals surface area contributed by atoms with Gasteiger partial charge in [-0.15, -0.1) is 0 Å². The molecule has 0 aliphatic rings. The van der Waals surface area contributed by atoms with E-state index in [0.29, 0.717) is 18.7 Å². The van der Waals surface area contributed by atoms with Crippen molar-refractivity contribution in [3.63, 3.8) is 0 Å². The van der Waals surface area contributed by atoms with Crippen LogP contribution >= 0.6 is 0 Å². The molecule has 0 aliphatic carbocycles. The third-order valence-corrected chi connectivity index (χ3v) is 2.57. The molecule has 0 saturated carbocycles. The Kier molecular flexibility index (Phi) is 4.97. The zero-order chi connectivity index (χ0) is 12.8. The van der Waals surface area contributed by atoms with Crippen LogP contribution in [-0.2, 0) is 4.74 Å². The zero-order valence-electron chi connectivity index (χ0n) is 10.6. The number of ether oxygens (including phenoxy) is 1. The fourth-order valence-corrected chi connectivity index (χ4v) is 1.58. The Morgan fingerprint density at radius 2 is 2.18 bits per heavy atom. The van der Waals surface area contributed by atoms with Crippen molar-refractivity contribution in [2.75, 3.05) is 27.3 Å². The summed E-state index contributed by atoms with van der Waals surface area (Å²) in [5.74, 6) is -0.132. The Balaban J connectivity index is 2.68. The second-order valence-electron chi connectivity index (χ2n) is 4.09. The molecular weight excluding hydrogens is 218 g/mol. The van der Waals surface area contributed by atoms with E-state index in [1.54, 1.807) is 31.2 Å². The van der Waals surface area contributed by atoms with Gasteiger partial charge >= 0.3 is 0 Å². The lowest BCUT2D eigenvalue weighted by Gasteiger charge is -2.17. The summed E-state index contributed by atoms with van der Waals surface area (Å²) in [7, 11) is 3.35. The molecule has 1 N–H and O–H groups in total. The Bertz CT molecular complexity index is 390. The minimum atomic E-state index is -0.168. The van der Waals surface area contributed by atoms with E-state index in [9.17, 15) is 9.90 Å². The highest BCUT2D eigenvalue weighted by molar-refractivity contribution is 5.96. The molecule has 0 fully saturated rings. The largest absolute Gasteiger partial charge is 0.507 e. The molecule has 1 amide bonds. The molecule has 1 aromatic rings. The van der Waals surface area contributed by atoms with E-state index in [0.717, 1.165) is 12.0 Å². The molecule has 94 valence electrons. The summed E-state index contributed by atoms with van der Waals surface area (Å²) in [5, 5.41) is 9.71. The van der Waals surface area contributed by atoms with Crippen LogP contribution < -0.4 is 0 Å². The van der Waals surface area contributed by atoms with Crippen LogP contribution in [0.2, 0.25) is 0 Å². The van der Waals surface area contributed by atoms with Gasteiger partial charge in [0.05, 0.1) is 5.56 Å². The van der Waals surface area contributed by atoms with Crippen molar-refractivity contribution in [2.24, 2.45) is 0 Å². The fraction of sp³-hybridized carbons (Fsp3) is 0.462. The molecule has 0 bridgehead atoms. The van der Waals surface area contributed by atoms with Crippen LogP contribution in [0.5, 0.6) is 5.75 Å². The average Bonchev–Trinajstić information content (AvgIpc) is 2.28. The molecule has 1 rings (SSSR count). The first-order chi connectivity index (χ1) is 8.06. The van der Waals surface area contributed by atoms with E-state index >= 15 is 0 Å². The number of methoxy groups -OCH3 is 1. The number of amides is 1. The third-order valence-electron chi connectivity index (χ3n) is 2.57. The molecule has 0 radical (unpaired) electrons. The molecule has 0 unspecified atom stereocenters. The van der Waals surface area contributed by atoms with Crippen molar-refractivity contribution in [1.82, 2.24) is 4.90 Å². The minimum absolute atomic E-state index is 0.0357. The molecule has 17 heavy (non-hydrogen) atoms. The van der Waals surface area contributed by atoms with E-state index in [4.69, 9.17) is 4.74 Å². The van der Waals surface area contributed by atoms with Gasteiger partial charge in [-0.25, -0.2) is 0 Å². The Hall–Kier alpha value is -1.55. The molecule has 4 heteroatoms. The number of carbonyl (C=O) groups is 1. The summed E-state index contributed by atoms with van der Waals surface area (Å²) in [5.41, 5.74) is 1.27. The normalized spacial score (nSPS) is 10.3. The van der Waals surface area contributed by atoms with E-state index in [1.807, 2.05) is 13.0 Å². The predicted octanol–water partition coefficient (Wildman–Crippen LogP) is 1.81. The van der Waals surface area contributed by atoms with Gasteiger partial charge in [0.15, 0.2) is 0 Å². The summed E-state index contributed by atoms with van der Waals surface area (Å²) >= 11 is 0. The van der Waals surface area contributed by atoms with Gasteiger partial charge in [0.1, 0.15) is 5.75 Å². The number of rotatable bonds is 5. The molecule has 0 atom stereocenters. The van der Waals surface area contributed by atoms with Crippen molar-refractivity contribution in [3.05, 3.63) is 29.3 Å². The fourth-order valence-electron chi connectivity index (χ4n) is 1.58. The molecule has 0 aliphatic heterocycles. The molecule has 0 aromatic heterocycles. The van der Waals surface area contributed by atoms with Crippen LogP contribution in [0.3, 0.4) is 0 Å². The zero-order valence-corrected chi connectivity index (χ0v) is 10.6. The maximum absolute atomic E-state index is 12.0. The van der Waals surface area contributed by atoms with Crippen molar-refractivity contribution in [2.45, 2.75) is 13.3 Å². The van der Waals surface area contributed by atoms with Crippen molar-refractivity contribution < 1.29 is 14.6 Å². The maximum Gasteiger partial charge on any atom is 0.257 e. The molecule has 0 saturated heterocycles. The van der Waals surface area contributed by atoms with E-state index in [-0.39, 0.29) is 11.7 Å². The van der Waals surface area contributed by atoms with E-state index in [1.165, 1.54) is 0 Å². The predicted molar refractivity (Wildman–Crippen MR) is 66.3 cm³/mol.